The zero-order valence-electron chi connectivity index (χ0n) is 15.1. The van der Waals surface area contributed by atoms with Gasteiger partial charge in [0.05, 0.1) is 4.90 Å². The van der Waals surface area contributed by atoms with Crippen LogP contribution in [0.2, 0.25) is 0 Å². The van der Waals surface area contributed by atoms with Gasteiger partial charge in [-0.05, 0) is 30.5 Å². The molecule has 2 heterocycles. The van der Waals surface area contributed by atoms with Crippen molar-refractivity contribution in [3.8, 4) is 0 Å². The number of nitrogens with zero attached hydrogens (tertiary/aromatic N) is 2. The van der Waals surface area contributed by atoms with Crippen molar-refractivity contribution in [3.63, 3.8) is 0 Å². The van der Waals surface area contributed by atoms with Gasteiger partial charge in [-0.1, -0.05) is 42.5 Å². The molecule has 0 aliphatic carbocycles. The summed E-state index contributed by atoms with van der Waals surface area (Å²) in [5.74, 6) is 0. The lowest BCUT2D eigenvalue weighted by atomic mass is 10.1. The van der Waals surface area contributed by atoms with Crippen molar-refractivity contribution in [2.24, 2.45) is 0 Å². The highest BCUT2D eigenvalue weighted by Gasteiger charge is 2.31. The smallest absolute Gasteiger partial charge is 0.243 e. The molecule has 2 aromatic carbocycles. The highest BCUT2D eigenvalue weighted by Crippen LogP contribution is 2.27. The molecule has 0 bridgehead atoms. The first kappa shape index (κ1) is 18.1. The normalized spacial score (nSPS) is 18.6. The average Bonchev–Trinajstić information content (AvgIpc) is 2.73. The number of rotatable bonds is 5. The third kappa shape index (κ3) is 3.88. The van der Waals surface area contributed by atoms with Crippen LogP contribution in [0.1, 0.15) is 18.4 Å². The summed E-state index contributed by atoms with van der Waals surface area (Å²) in [7, 11) is -3.54. The van der Waals surface area contributed by atoms with Crippen molar-refractivity contribution in [3.05, 3.63) is 72.6 Å². The molecular weight excluding hydrogens is 358 g/mol. The van der Waals surface area contributed by atoms with Crippen LogP contribution < -0.4 is 5.32 Å². The number of fused-ring (bicyclic) bond motifs is 1. The van der Waals surface area contributed by atoms with Gasteiger partial charge in [0.25, 0.3) is 0 Å². The topological polar surface area (TPSA) is 62.3 Å². The Labute approximate surface area is 160 Å². The lowest BCUT2D eigenvalue weighted by Crippen LogP contribution is -2.47. The molecule has 1 N–H and O–H groups in total. The van der Waals surface area contributed by atoms with E-state index in [9.17, 15) is 8.42 Å². The molecule has 1 atom stereocenters. The minimum atomic E-state index is -3.54. The number of nitrogens with one attached hydrogen (secondary N) is 1. The van der Waals surface area contributed by atoms with Gasteiger partial charge in [0.2, 0.25) is 10.0 Å². The molecule has 0 spiro atoms. The second-order valence-corrected chi connectivity index (χ2v) is 8.83. The van der Waals surface area contributed by atoms with E-state index in [1.165, 1.54) is 5.56 Å². The molecule has 0 amide bonds. The number of hydrogen-bond acceptors (Lipinski definition) is 4. The number of benzene rings is 2. The van der Waals surface area contributed by atoms with E-state index in [0.29, 0.717) is 18.0 Å². The van der Waals surface area contributed by atoms with Crippen molar-refractivity contribution in [1.82, 2.24) is 14.6 Å². The van der Waals surface area contributed by atoms with Crippen LogP contribution in [0.3, 0.4) is 0 Å². The Morgan fingerprint density at radius 2 is 1.93 bits per heavy atom. The maximum atomic E-state index is 13.3. The van der Waals surface area contributed by atoms with E-state index < -0.39 is 10.0 Å². The molecule has 1 saturated heterocycles. The van der Waals surface area contributed by atoms with E-state index in [1.807, 2.05) is 24.3 Å². The maximum absolute atomic E-state index is 13.3. The highest BCUT2D eigenvalue weighted by molar-refractivity contribution is 7.89. The quantitative estimate of drug-likeness (QED) is 0.737. The van der Waals surface area contributed by atoms with Crippen LogP contribution >= 0.6 is 0 Å². The first-order valence-electron chi connectivity index (χ1n) is 9.25. The number of pyridine rings is 1. The summed E-state index contributed by atoms with van der Waals surface area (Å²) in [5.41, 5.74) is 1.21. The molecule has 1 unspecified atom stereocenters. The Morgan fingerprint density at radius 1 is 1.07 bits per heavy atom. The summed E-state index contributed by atoms with van der Waals surface area (Å²) in [4.78, 5) is 4.46. The van der Waals surface area contributed by atoms with Gasteiger partial charge < -0.3 is 5.32 Å². The third-order valence-corrected chi connectivity index (χ3v) is 7.00. The van der Waals surface area contributed by atoms with Gasteiger partial charge in [-0.3, -0.25) is 4.98 Å². The minimum absolute atomic E-state index is 0.158. The molecule has 1 aliphatic rings. The second kappa shape index (κ2) is 7.76. The predicted octanol–water partition coefficient (Wildman–Crippen LogP) is 3.18. The minimum Gasteiger partial charge on any atom is -0.309 e. The van der Waals surface area contributed by atoms with E-state index in [1.54, 1.807) is 34.9 Å². The van der Waals surface area contributed by atoms with Crippen LogP contribution in [0, 0.1) is 0 Å². The molecule has 0 radical (unpaired) electrons. The highest BCUT2D eigenvalue weighted by atomic mass is 32.2. The summed E-state index contributed by atoms with van der Waals surface area (Å²) < 4.78 is 28.2. The Hall–Kier alpha value is -2.28. The number of hydrogen-bond donors (Lipinski definition) is 1. The van der Waals surface area contributed by atoms with Crippen molar-refractivity contribution in [1.29, 1.82) is 0 Å². The first-order chi connectivity index (χ1) is 13.1. The fourth-order valence-electron chi connectivity index (χ4n) is 3.64. The summed E-state index contributed by atoms with van der Waals surface area (Å²) >= 11 is 0. The van der Waals surface area contributed by atoms with Crippen molar-refractivity contribution in [2.45, 2.75) is 30.3 Å². The average molecular weight is 382 g/mol. The van der Waals surface area contributed by atoms with Gasteiger partial charge in [-0.25, -0.2) is 8.42 Å². The molecule has 5 nitrogen and oxygen atoms in total. The van der Waals surface area contributed by atoms with E-state index in [4.69, 9.17) is 0 Å². The lowest BCUT2D eigenvalue weighted by Gasteiger charge is -2.32. The summed E-state index contributed by atoms with van der Waals surface area (Å²) in [5, 5.41) is 5.08. The molecule has 4 rings (SSSR count). The summed E-state index contributed by atoms with van der Waals surface area (Å²) in [6, 6.07) is 17.5. The zero-order chi connectivity index (χ0) is 18.7. The Bertz CT molecular complexity index is 1020. The monoisotopic (exact) mass is 381 g/mol. The van der Waals surface area contributed by atoms with Gasteiger partial charge in [-0.2, -0.15) is 4.31 Å². The van der Waals surface area contributed by atoms with E-state index in [2.05, 4.69) is 22.4 Å². The fraction of sp³-hybridized carbons (Fsp3) is 0.286. The molecule has 1 aromatic heterocycles. The van der Waals surface area contributed by atoms with Crippen LogP contribution in [0.15, 0.2) is 71.9 Å². The van der Waals surface area contributed by atoms with Gasteiger partial charge in [0.15, 0.2) is 0 Å². The SMILES string of the molecule is O=S(=O)(c1cccc2cnccc12)N1CCCC(NCc2ccccc2)C1. The largest absolute Gasteiger partial charge is 0.309 e. The summed E-state index contributed by atoms with van der Waals surface area (Å²) in [6.07, 6.45) is 5.19. The Morgan fingerprint density at radius 3 is 2.78 bits per heavy atom. The van der Waals surface area contributed by atoms with E-state index in [0.717, 1.165) is 30.2 Å². The number of aromatic nitrogens is 1. The van der Waals surface area contributed by atoms with Gasteiger partial charge in [-0.15, -0.1) is 0 Å². The zero-order valence-corrected chi connectivity index (χ0v) is 15.9. The first-order valence-corrected chi connectivity index (χ1v) is 10.7. The van der Waals surface area contributed by atoms with E-state index in [-0.39, 0.29) is 6.04 Å². The van der Waals surface area contributed by atoms with Crippen molar-refractivity contribution < 1.29 is 8.42 Å². The van der Waals surface area contributed by atoms with Crippen LogP contribution in [-0.4, -0.2) is 36.8 Å². The van der Waals surface area contributed by atoms with Crippen LogP contribution in [-0.2, 0) is 16.6 Å². The number of sulfonamides is 1. The van der Waals surface area contributed by atoms with Crippen LogP contribution in [0.5, 0.6) is 0 Å². The lowest BCUT2D eigenvalue weighted by molar-refractivity contribution is 0.282. The van der Waals surface area contributed by atoms with Crippen molar-refractivity contribution >= 4 is 20.8 Å². The molecule has 27 heavy (non-hydrogen) atoms. The Kier molecular flexibility index (Phi) is 5.20. The van der Waals surface area contributed by atoms with Crippen molar-refractivity contribution in [2.75, 3.05) is 13.1 Å². The predicted molar refractivity (Wildman–Crippen MR) is 107 cm³/mol. The molecule has 6 heteroatoms. The number of piperidine rings is 1. The molecule has 3 aromatic rings. The molecular formula is C21H23N3O2S. The Balaban J connectivity index is 1.53. The molecule has 0 saturated carbocycles. The second-order valence-electron chi connectivity index (χ2n) is 6.92. The van der Waals surface area contributed by atoms with Crippen LogP contribution in [0.4, 0.5) is 0 Å². The summed E-state index contributed by atoms with van der Waals surface area (Å²) in [6.45, 7) is 1.81. The standard InChI is InChI=1S/C21H23N3O2S/c25-27(26,21-10-4-8-18-15-22-12-11-20(18)21)24-13-5-9-19(16-24)23-14-17-6-2-1-3-7-17/h1-4,6-8,10-12,15,19,23H,5,9,13-14,16H2. The third-order valence-electron chi connectivity index (χ3n) is 5.08. The maximum Gasteiger partial charge on any atom is 0.243 e. The molecule has 1 aliphatic heterocycles. The van der Waals surface area contributed by atoms with Crippen LogP contribution in [0.25, 0.3) is 10.8 Å². The van der Waals surface area contributed by atoms with Gasteiger partial charge >= 0.3 is 0 Å². The van der Waals surface area contributed by atoms with Gasteiger partial charge in [0.1, 0.15) is 0 Å². The van der Waals surface area contributed by atoms with Gasteiger partial charge in [0, 0.05) is 48.8 Å². The molecule has 1 fully saturated rings. The molecule has 140 valence electrons. The van der Waals surface area contributed by atoms with E-state index >= 15 is 0 Å². The fourth-order valence-corrected chi connectivity index (χ4v) is 5.38.